The van der Waals surface area contributed by atoms with E-state index in [4.69, 9.17) is 4.74 Å². The van der Waals surface area contributed by atoms with Gasteiger partial charge in [0.2, 0.25) is 0 Å². The van der Waals surface area contributed by atoms with Crippen LogP contribution in [-0.4, -0.2) is 26.7 Å². The highest BCUT2D eigenvalue weighted by Crippen LogP contribution is 2.21. The predicted molar refractivity (Wildman–Crippen MR) is 102 cm³/mol. The second-order valence-electron chi connectivity index (χ2n) is 6.60. The Labute approximate surface area is 155 Å². The van der Waals surface area contributed by atoms with Gasteiger partial charge in [-0.15, -0.1) is 0 Å². The van der Waals surface area contributed by atoms with Crippen molar-refractivity contribution >= 4 is 15.7 Å². The van der Waals surface area contributed by atoms with Crippen LogP contribution in [0.2, 0.25) is 0 Å². The molecule has 0 heterocycles. The van der Waals surface area contributed by atoms with Crippen molar-refractivity contribution in [2.45, 2.75) is 44.7 Å². The summed E-state index contributed by atoms with van der Waals surface area (Å²) in [5, 5.41) is 2.89. The molecule has 0 fully saturated rings. The quantitative estimate of drug-likeness (QED) is 0.840. The first-order chi connectivity index (χ1) is 12.1. The molecule has 0 saturated carbocycles. The Morgan fingerprint density at radius 2 is 1.65 bits per heavy atom. The minimum absolute atomic E-state index is 0.232. The van der Waals surface area contributed by atoms with Crippen molar-refractivity contribution in [2.75, 3.05) is 6.26 Å². The number of hydrogen-bond donors (Lipinski definition) is 1. The smallest absolute Gasteiger partial charge is 0.261 e. The number of rotatable bonds is 6. The molecular weight excluding hydrogens is 350 g/mol. The van der Waals surface area contributed by atoms with Crippen LogP contribution in [0.25, 0.3) is 0 Å². The van der Waals surface area contributed by atoms with Gasteiger partial charge in [-0.05, 0) is 57.0 Å². The minimum Gasteiger partial charge on any atom is -0.481 e. The van der Waals surface area contributed by atoms with E-state index in [2.05, 4.69) is 5.32 Å². The highest BCUT2D eigenvalue weighted by molar-refractivity contribution is 7.90. The summed E-state index contributed by atoms with van der Waals surface area (Å²) in [4.78, 5) is 12.7. The molecule has 6 heteroatoms. The summed E-state index contributed by atoms with van der Waals surface area (Å²) in [5.41, 5.74) is 2.94. The molecule has 5 nitrogen and oxygen atoms in total. The highest BCUT2D eigenvalue weighted by atomic mass is 32.2. The van der Waals surface area contributed by atoms with Gasteiger partial charge in [0, 0.05) is 6.26 Å². The Morgan fingerprint density at radius 3 is 2.19 bits per heavy atom. The molecule has 0 aliphatic rings. The molecule has 2 aromatic rings. The van der Waals surface area contributed by atoms with Crippen molar-refractivity contribution in [1.29, 1.82) is 0 Å². The maximum Gasteiger partial charge on any atom is 0.261 e. The first-order valence-electron chi connectivity index (χ1n) is 8.42. The summed E-state index contributed by atoms with van der Waals surface area (Å²) in [6, 6.07) is 12.0. The number of nitrogens with one attached hydrogen (secondary N) is 1. The number of sulfone groups is 1. The van der Waals surface area contributed by atoms with Crippen LogP contribution in [0, 0.1) is 13.8 Å². The first kappa shape index (κ1) is 20.0. The number of hydrogen-bond acceptors (Lipinski definition) is 4. The molecule has 0 unspecified atom stereocenters. The van der Waals surface area contributed by atoms with E-state index in [9.17, 15) is 13.2 Å². The van der Waals surface area contributed by atoms with E-state index in [1.54, 1.807) is 31.2 Å². The molecular formula is C20H25NO4S. The summed E-state index contributed by atoms with van der Waals surface area (Å²) in [5.74, 6) is 0.452. The van der Waals surface area contributed by atoms with Crippen LogP contribution in [0.1, 0.15) is 36.6 Å². The molecule has 1 amide bonds. The van der Waals surface area contributed by atoms with Crippen molar-refractivity contribution in [3.8, 4) is 5.75 Å². The van der Waals surface area contributed by atoms with Crippen LogP contribution in [0.5, 0.6) is 5.75 Å². The number of ether oxygens (including phenoxy) is 1. The van der Waals surface area contributed by atoms with Crippen molar-refractivity contribution in [1.82, 2.24) is 5.32 Å². The third-order valence-corrected chi connectivity index (χ3v) is 5.30. The fourth-order valence-corrected chi connectivity index (χ4v) is 3.22. The van der Waals surface area contributed by atoms with E-state index < -0.39 is 15.9 Å². The molecule has 0 spiro atoms. The third kappa shape index (κ3) is 5.08. The Hall–Kier alpha value is -2.34. The van der Waals surface area contributed by atoms with Crippen molar-refractivity contribution in [2.24, 2.45) is 0 Å². The number of aryl methyl sites for hydroxylation is 2. The van der Waals surface area contributed by atoms with Crippen molar-refractivity contribution in [3.63, 3.8) is 0 Å². The Bertz CT molecular complexity index is 889. The first-order valence-corrected chi connectivity index (χ1v) is 10.3. The van der Waals surface area contributed by atoms with Gasteiger partial charge in [0.15, 0.2) is 15.9 Å². The van der Waals surface area contributed by atoms with E-state index in [0.29, 0.717) is 5.75 Å². The van der Waals surface area contributed by atoms with E-state index >= 15 is 0 Å². The van der Waals surface area contributed by atoms with Gasteiger partial charge in [0.05, 0.1) is 10.9 Å². The summed E-state index contributed by atoms with van der Waals surface area (Å²) in [6.07, 6.45) is 0.522. The van der Waals surface area contributed by atoms with Gasteiger partial charge in [-0.3, -0.25) is 4.79 Å². The zero-order valence-electron chi connectivity index (χ0n) is 15.7. The normalized spacial score (nSPS) is 13.7. The van der Waals surface area contributed by atoms with E-state index in [0.717, 1.165) is 16.7 Å². The van der Waals surface area contributed by atoms with Crippen LogP contribution in [0.15, 0.2) is 47.4 Å². The zero-order chi connectivity index (χ0) is 19.5. The van der Waals surface area contributed by atoms with Gasteiger partial charge in [0.25, 0.3) is 5.91 Å². The maximum absolute atomic E-state index is 12.4. The van der Waals surface area contributed by atoms with Gasteiger partial charge < -0.3 is 10.1 Å². The SMILES string of the molecule is Cc1ccc(O[C@@H](C)C(=O)N[C@@H](C)c2ccc(S(C)(=O)=O)cc2)c(C)c1. The molecule has 140 valence electrons. The Kier molecular flexibility index (Phi) is 6.08. The standard InChI is InChI=1S/C20H25NO4S/c1-13-6-11-19(14(2)12-13)25-16(4)20(22)21-15(3)17-7-9-18(10-8-17)26(5,23)24/h6-12,15-16H,1-5H3,(H,21,22)/t15-,16-/m0/s1. The van der Waals surface area contributed by atoms with Gasteiger partial charge in [0.1, 0.15) is 5.75 Å². The fourth-order valence-electron chi connectivity index (χ4n) is 2.59. The van der Waals surface area contributed by atoms with Crippen LogP contribution in [0.3, 0.4) is 0 Å². The van der Waals surface area contributed by atoms with Gasteiger partial charge >= 0.3 is 0 Å². The molecule has 2 atom stereocenters. The summed E-state index contributed by atoms with van der Waals surface area (Å²) in [6.45, 7) is 7.49. The Morgan fingerprint density at radius 1 is 1.04 bits per heavy atom. The van der Waals surface area contributed by atoms with E-state index in [1.165, 1.54) is 6.26 Å². The molecule has 1 N–H and O–H groups in total. The lowest BCUT2D eigenvalue weighted by molar-refractivity contribution is -0.127. The molecule has 2 aromatic carbocycles. The molecule has 0 radical (unpaired) electrons. The van der Waals surface area contributed by atoms with Crippen molar-refractivity contribution < 1.29 is 17.9 Å². The zero-order valence-corrected chi connectivity index (χ0v) is 16.6. The monoisotopic (exact) mass is 375 g/mol. The molecule has 0 aromatic heterocycles. The summed E-state index contributed by atoms with van der Waals surface area (Å²) < 4.78 is 28.8. The average Bonchev–Trinajstić information content (AvgIpc) is 2.56. The maximum atomic E-state index is 12.4. The van der Waals surface area contributed by atoms with Crippen molar-refractivity contribution in [3.05, 3.63) is 59.2 Å². The second-order valence-corrected chi connectivity index (χ2v) is 8.62. The van der Waals surface area contributed by atoms with Crippen LogP contribution < -0.4 is 10.1 Å². The number of amides is 1. The average molecular weight is 375 g/mol. The largest absolute Gasteiger partial charge is 0.481 e. The van der Waals surface area contributed by atoms with Crippen LogP contribution >= 0.6 is 0 Å². The molecule has 26 heavy (non-hydrogen) atoms. The van der Waals surface area contributed by atoms with Crippen LogP contribution in [-0.2, 0) is 14.6 Å². The number of carbonyl (C=O) groups excluding carboxylic acids is 1. The number of benzene rings is 2. The van der Waals surface area contributed by atoms with Gasteiger partial charge in [-0.25, -0.2) is 8.42 Å². The lowest BCUT2D eigenvalue weighted by atomic mass is 10.1. The van der Waals surface area contributed by atoms with Gasteiger partial charge in [-0.2, -0.15) is 0 Å². The Balaban J connectivity index is 2.01. The third-order valence-electron chi connectivity index (χ3n) is 4.17. The van der Waals surface area contributed by atoms with Gasteiger partial charge in [-0.1, -0.05) is 29.8 Å². The van der Waals surface area contributed by atoms with E-state index in [-0.39, 0.29) is 16.8 Å². The van der Waals surface area contributed by atoms with Crippen LogP contribution in [0.4, 0.5) is 0 Å². The second kappa shape index (κ2) is 7.91. The summed E-state index contributed by atoms with van der Waals surface area (Å²) in [7, 11) is -3.23. The lowest BCUT2D eigenvalue weighted by Gasteiger charge is -2.20. The highest BCUT2D eigenvalue weighted by Gasteiger charge is 2.19. The minimum atomic E-state index is -3.23. The number of carbonyl (C=O) groups is 1. The molecule has 0 bridgehead atoms. The fraction of sp³-hybridized carbons (Fsp3) is 0.350. The molecule has 2 rings (SSSR count). The predicted octanol–water partition coefficient (Wildman–Crippen LogP) is 3.35. The summed E-state index contributed by atoms with van der Waals surface area (Å²) >= 11 is 0. The molecule has 0 aliphatic carbocycles. The topological polar surface area (TPSA) is 72.5 Å². The molecule has 0 aliphatic heterocycles. The molecule has 0 saturated heterocycles. The lowest BCUT2D eigenvalue weighted by Crippen LogP contribution is -2.37. The van der Waals surface area contributed by atoms with E-state index in [1.807, 2.05) is 39.0 Å².